The first kappa shape index (κ1) is 28.3. The molecule has 0 aromatic heterocycles. The van der Waals surface area contributed by atoms with Crippen molar-refractivity contribution in [2.45, 2.75) is 118 Å². The second-order valence-electron chi connectivity index (χ2n) is 10.5. The standard InChI is InChI=1S/C28H49O2P/c1-20(2)11-8-12-21(3)13-9-17-28(7,30)18-10-14-22(4)15-16-25-19-26(29)23(5)24(6)27(25)31/h11-12,19,22-23,26,29-30H,8-10,13-18,31H2,1-7H3/b21-12+. The molecule has 1 rings (SSSR count). The Bertz CT molecular complexity index is 677. The third kappa shape index (κ3) is 11.1. The van der Waals surface area contributed by atoms with E-state index in [1.165, 1.54) is 27.6 Å². The van der Waals surface area contributed by atoms with Crippen LogP contribution in [0.3, 0.4) is 0 Å². The van der Waals surface area contributed by atoms with Crippen molar-refractivity contribution in [2.75, 3.05) is 0 Å². The zero-order chi connectivity index (χ0) is 23.6. The molecule has 5 atom stereocenters. The Morgan fingerprint density at radius 2 is 1.81 bits per heavy atom. The lowest BCUT2D eigenvalue weighted by Crippen LogP contribution is -2.24. The Balaban J connectivity index is 2.30. The molecule has 178 valence electrons. The SMILES string of the molecule is CC(C)=CC/C=C(\C)CCCC(C)(O)CCCC(C)CCC1=CC(O)C(C)C(C)=C1P. The molecule has 1 aliphatic carbocycles. The van der Waals surface area contributed by atoms with Crippen LogP contribution in [-0.4, -0.2) is 21.9 Å². The van der Waals surface area contributed by atoms with E-state index in [0.29, 0.717) is 5.92 Å². The van der Waals surface area contributed by atoms with Crippen LogP contribution in [0, 0.1) is 11.8 Å². The highest BCUT2D eigenvalue weighted by molar-refractivity contribution is 7.23. The van der Waals surface area contributed by atoms with Gasteiger partial charge in [-0.2, -0.15) is 0 Å². The quantitative estimate of drug-likeness (QED) is 0.222. The monoisotopic (exact) mass is 448 g/mol. The Labute approximate surface area is 195 Å². The second-order valence-corrected chi connectivity index (χ2v) is 11.1. The average molecular weight is 449 g/mol. The molecule has 0 bridgehead atoms. The fraction of sp³-hybridized carbons (Fsp3) is 0.714. The van der Waals surface area contributed by atoms with Gasteiger partial charge in [0.25, 0.3) is 0 Å². The van der Waals surface area contributed by atoms with Crippen molar-refractivity contribution in [3.8, 4) is 0 Å². The van der Waals surface area contributed by atoms with Gasteiger partial charge < -0.3 is 10.2 Å². The molecule has 5 unspecified atom stereocenters. The summed E-state index contributed by atoms with van der Waals surface area (Å²) in [5.41, 5.74) is 4.82. The minimum atomic E-state index is -0.556. The van der Waals surface area contributed by atoms with Crippen LogP contribution in [0.15, 0.2) is 45.8 Å². The number of aliphatic hydroxyl groups is 2. The van der Waals surface area contributed by atoms with Gasteiger partial charge in [-0.15, -0.1) is 9.24 Å². The summed E-state index contributed by atoms with van der Waals surface area (Å²) in [5.74, 6) is 0.846. The number of rotatable bonds is 13. The molecule has 1 aliphatic rings. The summed E-state index contributed by atoms with van der Waals surface area (Å²) in [6.45, 7) is 15.0. The van der Waals surface area contributed by atoms with Crippen LogP contribution in [-0.2, 0) is 0 Å². The summed E-state index contributed by atoms with van der Waals surface area (Å²) in [6.07, 6.45) is 15.5. The molecule has 0 heterocycles. The predicted molar refractivity (Wildman–Crippen MR) is 140 cm³/mol. The molecule has 3 heteroatoms. The molecule has 0 amide bonds. The van der Waals surface area contributed by atoms with Crippen molar-refractivity contribution in [1.29, 1.82) is 0 Å². The lowest BCUT2D eigenvalue weighted by atomic mass is 9.85. The van der Waals surface area contributed by atoms with Gasteiger partial charge in [0, 0.05) is 5.92 Å². The molecule has 0 fully saturated rings. The normalized spacial score (nSPS) is 22.8. The van der Waals surface area contributed by atoms with E-state index in [0.717, 1.165) is 57.8 Å². The predicted octanol–water partition coefficient (Wildman–Crippen LogP) is 7.88. The summed E-state index contributed by atoms with van der Waals surface area (Å²) in [7, 11) is 2.88. The fourth-order valence-electron chi connectivity index (χ4n) is 4.26. The highest BCUT2D eigenvalue weighted by Crippen LogP contribution is 2.36. The van der Waals surface area contributed by atoms with Crippen molar-refractivity contribution >= 4 is 9.24 Å². The van der Waals surface area contributed by atoms with E-state index in [2.05, 4.69) is 62.9 Å². The van der Waals surface area contributed by atoms with Gasteiger partial charge in [0.2, 0.25) is 0 Å². The zero-order valence-corrected chi connectivity index (χ0v) is 22.5. The van der Waals surface area contributed by atoms with Gasteiger partial charge in [-0.05, 0) is 96.4 Å². The van der Waals surface area contributed by atoms with Crippen LogP contribution in [0.25, 0.3) is 0 Å². The minimum Gasteiger partial charge on any atom is -0.390 e. The van der Waals surface area contributed by atoms with Crippen molar-refractivity contribution < 1.29 is 10.2 Å². The first-order chi connectivity index (χ1) is 14.4. The summed E-state index contributed by atoms with van der Waals surface area (Å²) in [5, 5.41) is 22.3. The third-order valence-electron chi connectivity index (χ3n) is 6.94. The van der Waals surface area contributed by atoms with Gasteiger partial charge >= 0.3 is 0 Å². The first-order valence-corrected chi connectivity index (χ1v) is 12.9. The maximum absolute atomic E-state index is 10.8. The van der Waals surface area contributed by atoms with Crippen molar-refractivity contribution in [3.05, 3.63) is 45.8 Å². The third-order valence-corrected chi connectivity index (χ3v) is 7.76. The highest BCUT2D eigenvalue weighted by Gasteiger charge is 2.23. The molecule has 31 heavy (non-hydrogen) atoms. The van der Waals surface area contributed by atoms with Gasteiger partial charge in [0.15, 0.2) is 0 Å². The summed E-state index contributed by atoms with van der Waals surface area (Å²) in [6, 6.07) is 0. The molecule has 2 N–H and O–H groups in total. The Morgan fingerprint density at radius 1 is 1.16 bits per heavy atom. The Morgan fingerprint density at radius 3 is 2.45 bits per heavy atom. The number of aliphatic hydroxyl groups excluding tert-OH is 1. The number of hydrogen-bond acceptors (Lipinski definition) is 2. The molecule has 2 nitrogen and oxygen atoms in total. The minimum absolute atomic E-state index is 0.215. The smallest absolute Gasteiger partial charge is 0.0789 e. The molecular formula is C28H49O2P. The summed E-state index contributed by atoms with van der Waals surface area (Å²) < 4.78 is 0. The maximum Gasteiger partial charge on any atom is 0.0789 e. The second kappa shape index (κ2) is 13.8. The lowest BCUT2D eigenvalue weighted by molar-refractivity contribution is 0.0365. The number of allylic oxidation sites excluding steroid dienone is 6. The summed E-state index contributed by atoms with van der Waals surface area (Å²) >= 11 is 0. The van der Waals surface area contributed by atoms with E-state index >= 15 is 0 Å². The molecule has 0 saturated carbocycles. The molecule has 0 saturated heterocycles. The van der Waals surface area contributed by atoms with Crippen LogP contribution < -0.4 is 0 Å². The summed E-state index contributed by atoms with van der Waals surface area (Å²) in [4.78, 5) is 0. The molecule has 0 aliphatic heterocycles. The van der Waals surface area contributed by atoms with Crippen LogP contribution in [0.2, 0.25) is 0 Å². The first-order valence-electron chi connectivity index (χ1n) is 12.3. The van der Waals surface area contributed by atoms with Gasteiger partial charge in [-0.3, -0.25) is 0 Å². The van der Waals surface area contributed by atoms with E-state index < -0.39 is 5.60 Å². The van der Waals surface area contributed by atoms with E-state index in [-0.39, 0.29) is 12.0 Å². The van der Waals surface area contributed by atoms with E-state index in [9.17, 15) is 10.2 Å². The van der Waals surface area contributed by atoms with Crippen LogP contribution in [0.4, 0.5) is 0 Å². The highest BCUT2D eigenvalue weighted by atomic mass is 31.0. The molecule has 0 aromatic carbocycles. The van der Waals surface area contributed by atoms with E-state index in [1.807, 2.05) is 13.0 Å². The van der Waals surface area contributed by atoms with E-state index in [1.54, 1.807) is 0 Å². The zero-order valence-electron chi connectivity index (χ0n) is 21.3. The van der Waals surface area contributed by atoms with Gasteiger partial charge in [-0.25, -0.2) is 0 Å². The fourth-order valence-corrected chi connectivity index (χ4v) is 4.76. The number of hydrogen-bond donors (Lipinski definition) is 2. The topological polar surface area (TPSA) is 40.5 Å². The van der Waals surface area contributed by atoms with Crippen molar-refractivity contribution in [2.24, 2.45) is 11.8 Å². The van der Waals surface area contributed by atoms with Crippen LogP contribution in [0.5, 0.6) is 0 Å². The molecular weight excluding hydrogens is 399 g/mol. The van der Waals surface area contributed by atoms with Crippen molar-refractivity contribution in [3.63, 3.8) is 0 Å². The Kier molecular flexibility index (Phi) is 12.6. The maximum atomic E-state index is 10.8. The molecule has 0 radical (unpaired) electrons. The van der Waals surface area contributed by atoms with Crippen LogP contribution >= 0.6 is 9.24 Å². The Hall–Kier alpha value is -0.690. The molecule has 0 spiro atoms. The van der Waals surface area contributed by atoms with Gasteiger partial charge in [0.1, 0.15) is 0 Å². The largest absolute Gasteiger partial charge is 0.390 e. The van der Waals surface area contributed by atoms with Gasteiger partial charge in [0.05, 0.1) is 11.7 Å². The van der Waals surface area contributed by atoms with Crippen LogP contribution in [0.1, 0.15) is 106 Å². The lowest BCUT2D eigenvalue weighted by Gasteiger charge is -2.27. The average Bonchev–Trinajstić information content (AvgIpc) is 2.67. The molecule has 0 aromatic rings. The van der Waals surface area contributed by atoms with Crippen molar-refractivity contribution in [1.82, 2.24) is 0 Å². The van der Waals surface area contributed by atoms with Gasteiger partial charge in [-0.1, -0.05) is 61.6 Å². The van der Waals surface area contributed by atoms with E-state index in [4.69, 9.17) is 0 Å².